The van der Waals surface area contributed by atoms with Crippen molar-refractivity contribution >= 4 is 28.5 Å². The van der Waals surface area contributed by atoms with Gasteiger partial charge in [-0.2, -0.15) is 0 Å². The molecule has 212 valence electrons. The fourth-order valence-electron chi connectivity index (χ4n) is 5.69. The monoisotopic (exact) mass is 536 g/mol. The van der Waals surface area contributed by atoms with E-state index in [0.29, 0.717) is 32.5 Å². The van der Waals surface area contributed by atoms with Gasteiger partial charge in [-0.3, -0.25) is 19.7 Å². The van der Waals surface area contributed by atoms with E-state index in [4.69, 9.17) is 0 Å². The van der Waals surface area contributed by atoms with Crippen molar-refractivity contribution < 1.29 is 19.5 Å². The second-order valence-electron chi connectivity index (χ2n) is 11.0. The first-order valence-electron chi connectivity index (χ1n) is 14.8. The maximum absolute atomic E-state index is 13.4. The second kappa shape index (κ2) is 15.0. The molecule has 1 unspecified atom stereocenters. The van der Waals surface area contributed by atoms with Crippen LogP contribution in [0.2, 0.25) is 0 Å². The highest BCUT2D eigenvalue weighted by atomic mass is 16.3. The molecule has 3 atom stereocenters. The number of likely N-dealkylation sites (tertiary alicyclic amines) is 1. The molecule has 8 nitrogen and oxygen atoms in total. The molecule has 0 spiro atoms. The van der Waals surface area contributed by atoms with Gasteiger partial charge < -0.3 is 20.6 Å². The van der Waals surface area contributed by atoms with Crippen LogP contribution in [0.5, 0.6) is 0 Å². The molecule has 3 amide bonds. The molecule has 2 fully saturated rings. The van der Waals surface area contributed by atoms with Gasteiger partial charge in [-0.05, 0) is 42.0 Å². The number of carbonyl (C=O) groups is 3. The summed E-state index contributed by atoms with van der Waals surface area (Å²) in [7, 11) is 0. The van der Waals surface area contributed by atoms with Gasteiger partial charge in [0.05, 0.1) is 18.5 Å². The van der Waals surface area contributed by atoms with Crippen LogP contribution in [0.25, 0.3) is 10.8 Å². The number of hydrogen-bond acceptors (Lipinski definition) is 5. The Morgan fingerprint density at radius 1 is 0.897 bits per heavy atom. The van der Waals surface area contributed by atoms with E-state index in [1.807, 2.05) is 30.3 Å². The van der Waals surface area contributed by atoms with Gasteiger partial charge in [0.25, 0.3) is 0 Å². The third-order valence-corrected chi connectivity index (χ3v) is 8.00. The molecule has 2 heterocycles. The summed E-state index contributed by atoms with van der Waals surface area (Å²) in [5, 5.41) is 22.5. The minimum Gasteiger partial charge on any atom is -0.376 e. The number of hydrogen-bond donors (Lipinski definition) is 4. The highest BCUT2D eigenvalue weighted by molar-refractivity contribution is 5.87. The van der Waals surface area contributed by atoms with Crippen molar-refractivity contribution in [2.24, 2.45) is 0 Å². The maximum atomic E-state index is 13.4. The van der Waals surface area contributed by atoms with Gasteiger partial charge in [0, 0.05) is 26.1 Å². The smallest absolute Gasteiger partial charge is 0.237 e. The lowest BCUT2D eigenvalue weighted by molar-refractivity contribution is -0.132. The molecule has 2 aromatic rings. The van der Waals surface area contributed by atoms with Crippen molar-refractivity contribution in [2.45, 2.75) is 102 Å². The zero-order chi connectivity index (χ0) is 27.5. The maximum Gasteiger partial charge on any atom is 0.237 e. The molecule has 2 saturated heterocycles. The first-order valence-corrected chi connectivity index (χ1v) is 14.8. The van der Waals surface area contributed by atoms with Gasteiger partial charge in [0.1, 0.15) is 6.23 Å². The van der Waals surface area contributed by atoms with Crippen LogP contribution in [0.3, 0.4) is 0 Å². The summed E-state index contributed by atoms with van der Waals surface area (Å²) in [5.74, 6) is -0.433. The predicted molar refractivity (Wildman–Crippen MR) is 153 cm³/mol. The number of rotatable bonds is 5. The Hall–Kier alpha value is -2.97. The third kappa shape index (κ3) is 8.77. The van der Waals surface area contributed by atoms with Crippen molar-refractivity contribution in [3.8, 4) is 0 Å². The van der Waals surface area contributed by atoms with Crippen LogP contribution in [-0.4, -0.2) is 59.1 Å². The Kier molecular flexibility index (Phi) is 11.2. The standard InChI is InChI=1S/C31H44N4O4/c36-28-18-7-5-3-1-2-4-6-17-26(34-31(39)27(33-28)21-29(37)35-19-10-11-20-35)30(38)32-22-24-15-12-14-23-13-8-9-16-25(23)24/h8-9,12-16,26-27,31,34,39H,1-7,10-11,17-22H2,(H,32,38)(H,33,36)/t26-,27-,31?/m0/s1. The van der Waals surface area contributed by atoms with Gasteiger partial charge >= 0.3 is 0 Å². The zero-order valence-corrected chi connectivity index (χ0v) is 23.0. The largest absolute Gasteiger partial charge is 0.376 e. The topological polar surface area (TPSA) is 111 Å². The van der Waals surface area contributed by atoms with E-state index in [0.717, 1.165) is 74.1 Å². The van der Waals surface area contributed by atoms with E-state index in [1.54, 1.807) is 4.90 Å². The predicted octanol–water partition coefficient (Wildman–Crippen LogP) is 3.75. The van der Waals surface area contributed by atoms with Crippen molar-refractivity contribution in [1.29, 1.82) is 0 Å². The van der Waals surface area contributed by atoms with Gasteiger partial charge in [0.2, 0.25) is 17.7 Å². The highest BCUT2D eigenvalue weighted by Gasteiger charge is 2.31. The molecule has 4 rings (SSSR count). The van der Waals surface area contributed by atoms with Crippen LogP contribution in [0.15, 0.2) is 42.5 Å². The van der Waals surface area contributed by atoms with Crippen LogP contribution in [0.1, 0.15) is 82.6 Å². The van der Waals surface area contributed by atoms with E-state index in [9.17, 15) is 19.5 Å². The normalized spacial score (nSPS) is 24.0. The molecule has 0 aliphatic carbocycles. The van der Waals surface area contributed by atoms with Crippen LogP contribution < -0.4 is 16.0 Å². The Morgan fingerprint density at radius 2 is 1.59 bits per heavy atom. The number of amides is 3. The number of nitrogens with zero attached hydrogens (tertiary/aromatic N) is 1. The number of benzene rings is 2. The summed E-state index contributed by atoms with van der Waals surface area (Å²) in [6.07, 6.45) is 8.61. The van der Waals surface area contributed by atoms with E-state index < -0.39 is 18.3 Å². The fraction of sp³-hybridized carbons (Fsp3) is 0.581. The van der Waals surface area contributed by atoms with E-state index in [2.05, 4.69) is 28.1 Å². The highest BCUT2D eigenvalue weighted by Crippen LogP contribution is 2.19. The van der Waals surface area contributed by atoms with Crippen molar-refractivity contribution in [2.75, 3.05) is 13.1 Å². The van der Waals surface area contributed by atoms with E-state index in [1.165, 1.54) is 0 Å². The molecule has 39 heavy (non-hydrogen) atoms. The van der Waals surface area contributed by atoms with Crippen molar-refractivity contribution in [3.63, 3.8) is 0 Å². The van der Waals surface area contributed by atoms with Gasteiger partial charge in [-0.15, -0.1) is 0 Å². The van der Waals surface area contributed by atoms with Gasteiger partial charge in [-0.1, -0.05) is 81.0 Å². The molecule has 2 aliphatic heterocycles. The summed E-state index contributed by atoms with van der Waals surface area (Å²) < 4.78 is 0. The first kappa shape index (κ1) is 29.0. The van der Waals surface area contributed by atoms with Gasteiger partial charge in [-0.25, -0.2) is 0 Å². The lowest BCUT2D eigenvalue weighted by Crippen LogP contribution is -2.57. The number of nitrogens with one attached hydrogen (secondary N) is 3. The summed E-state index contributed by atoms with van der Waals surface area (Å²) >= 11 is 0. The number of aliphatic hydroxyl groups excluding tert-OH is 1. The Balaban J connectivity index is 1.45. The van der Waals surface area contributed by atoms with E-state index in [-0.39, 0.29) is 24.1 Å². The minimum absolute atomic E-state index is 0.00422. The average molecular weight is 537 g/mol. The van der Waals surface area contributed by atoms with Crippen LogP contribution in [-0.2, 0) is 20.9 Å². The molecule has 2 aromatic carbocycles. The van der Waals surface area contributed by atoms with Crippen LogP contribution >= 0.6 is 0 Å². The Bertz CT molecular complexity index is 1100. The molecule has 0 aromatic heterocycles. The SMILES string of the molecule is O=C1CCCCCCCCC[C@@H](C(=O)NCc2cccc3ccccc23)NC(O)[C@H](CC(=O)N2CCCC2)N1. The van der Waals surface area contributed by atoms with Crippen LogP contribution in [0, 0.1) is 0 Å². The fourth-order valence-corrected chi connectivity index (χ4v) is 5.69. The second-order valence-corrected chi connectivity index (χ2v) is 11.0. The summed E-state index contributed by atoms with van der Waals surface area (Å²) in [6, 6.07) is 12.7. The molecular weight excluding hydrogens is 492 g/mol. The van der Waals surface area contributed by atoms with Crippen molar-refractivity contribution in [3.05, 3.63) is 48.0 Å². The lowest BCUT2D eigenvalue weighted by Gasteiger charge is -2.29. The first-order chi connectivity index (χ1) is 19.0. The minimum atomic E-state index is -1.22. The third-order valence-electron chi connectivity index (χ3n) is 8.00. The van der Waals surface area contributed by atoms with Crippen molar-refractivity contribution in [1.82, 2.24) is 20.9 Å². The summed E-state index contributed by atoms with van der Waals surface area (Å²) in [6.45, 7) is 1.80. The average Bonchev–Trinajstić information content (AvgIpc) is 3.49. The quantitative estimate of drug-likeness (QED) is 0.465. The summed E-state index contributed by atoms with van der Waals surface area (Å²) in [4.78, 5) is 40.8. The van der Waals surface area contributed by atoms with Gasteiger partial charge in [0.15, 0.2) is 0 Å². The molecule has 0 bridgehead atoms. The number of carbonyl (C=O) groups excluding carboxylic acids is 3. The Morgan fingerprint density at radius 3 is 2.38 bits per heavy atom. The zero-order valence-electron chi connectivity index (χ0n) is 23.0. The molecule has 0 saturated carbocycles. The molecule has 4 N–H and O–H groups in total. The molecule has 8 heteroatoms. The molecular formula is C31H44N4O4. The number of aliphatic hydroxyl groups is 1. The van der Waals surface area contributed by atoms with E-state index >= 15 is 0 Å². The molecule has 2 aliphatic rings. The Labute approximate surface area is 231 Å². The molecule has 0 radical (unpaired) electrons. The lowest BCUT2D eigenvalue weighted by atomic mass is 10.0. The number of fused-ring (bicyclic) bond motifs is 1. The summed E-state index contributed by atoms with van der Waals surface area (Å²) in [5.41, 5.74) is 1.03. The van der Waals surface area contributed by atoms with Crippen LogP contribution in [0.4, 0.5) is 0 Å².